The molecule has 1 atom stereocenters. The van der Waals surface area contributed by atoms with Crippen molar-refractivity contribution >= 4 is 28.9 Å². The van der Waals surface area contributed by atoms with Crippen LogP contribution >= 0.6 is 23.2 Å². The Morgan fingerprint density at radius 1 is 1.17 bits per heavy atom. The highest BCUT2D eigenvalue weighted by Gasteiger charge is 2.24. The molecule has 0 fully saturated rings. The Morgan fingerprint density at radius 3 is 2.74 bits per heavy atom. The van der Waals surface area contributed by atoms with Crippen LogP contribution in [-0.2, 0) is 11.3 Å². The van der Waals surface area contributed by atoms with Gasteiger partial charge in [-0.3, -0.25) is 0 Å². The number of rotatable bonds is 3. The molecule has 0 spiro atoms. The lowest BCUT2D eigenvalue weighted by atomic mass is 9.86. The zero-order chi connectivity index (χ0) is 16.4. The van der Waals surface area contributed by atoms with E-state index in [0.29, 0.717) is 28.3 Å². The first-order chi connectivity index (χ1) is 11.1. The summed E-state index contributed by atoms with van der Waals surface area (Å²) in [4.78, 5) is 5.26. The fourth-order valence-corrected chi connectivity index (χ4v) is 3.22. The average Bonchev–Trinajstić information content (AvgIpc) is 2.52. The third-order valence-electron chi connectivity index (χ3n) is 3.78. The Hall–Kier alpha value is -1.65. The summed E-state index contributed by atoms with van der Waals surface area (Å²) in [5.41, 5.74) is 4.38. The summed E-state index contributed by atoms with van der Waals surface area (Å²) >= 11 is 12.2. The molecule has 1 aliphatic carbocycles. The van der Waals surface area contributed by atoms with Crippen LogP contribution in [0.15, 0.2) is 29.4 Å². The molecule has 1 aromatic carbocycles. The van der Waals surface area contributed by atoms with Crippen molar-refractivity contribution in [3.63, 3.8) is 0 Å². The molecule has 120 valence electrons. The summed E-state index contributed by atoms with van der Waals surface area (Å²) in [5.74, 6) is 0.473. The van der Waals surface area contributed by atoms with E-state index in [2.05, 4.69) is 22.3 Å². The van der Waals surface area contributed by atoms with Crippen LogP contribution in [0, 0.1) is 5.92 Å². The Bertz CT molecular complexity index is 761. The molecular formula is C17H17Cl2N3O. The van der Waals surface area contributed by atoms with Crippen molar-refractivity contribution in [1.82, 2.24) is 10.2 Å². The van der Waals surface area contributed by atoms with Crippen LogP contribution in [-0.4, -0.2) is 22.5 Å². The molecular weight excluding hydrogens is 333 g/mol. The standard InChI is InChI=1S/C17H17Cl2N3O/c1-3-23-22-17-7-10(2)6-15-13(17)9-16(21-20-15)12-5-4-11(18)8-14(12)19/h4-5,8-10H,3,6-7H2,1-2H3. The Balaban J connectivity index is 2.06. The highest BCUT2D eigenvalue weighted by Crippen LogP contribution is 2.32. The van der Waals surface area contributed by atoms with E-state index >= 15 is 0 Å². The van der Waals surface area contributed by atoms with E-state index in [9.17, 15) is 0 Å². The van der Waals surface area contributed by atoms with E-state index < -0.39 is 0 Å². The van der Waals surface area contributed by atoms with Gasteiger partial charge in [0, 0.05) is 16.1 Å². The van der Waals surface area contributed by atoms with E-state index in [0.717, 1.165) is 35.4 Å². The minimum Gasteiger partial charge on any atom is -0.396 e. The van der Waals surface area contributed by atoms with Crippen LogP contribution in [0.5, 0.6) is 0 Å². The lowest BCUT2D eigenvalue weighted by Crippen LogP contribution is -2.21. The first-order valence-corrected chi connectivity index (χ1v) is 8.35. The summed E-state index contributed by atoms with van der Waals surface area (Å²) in [7, 11) is 0. The summed E-state index contributed by atoms with van der Waals surface area (Å²) in [5, 5.41) is 14.1. The molecule has 3 rings (SSSR count). The number of oxime groups is 1. The van der Waals surface area contributed by atoms with Crippen LogP contribution in [0.4, 0.5) is 0 Å². The maximum Gasteiger partial charge on any atom is 0.114 e. The number of halogens is 2. The number of aromatic nitrogens is 2. The molecule has 23 heavy (non-hydrogen) atoms. The molecule has 1 aliphatic rings. The van der Waals surface area contributed by atoms with Crippen LogP contribution in [0.1, 0.15) is 31.5 Å². The monoisotopic (exact) mass is 349 g/mol. The molecule has 0 bridgehead atoms. The highest BCUT2D eigenvalue weighted by molar-refractivity contribution is 6.36. The average molecular weight is 350 g/mol. The minimum absolute atomic E-state index is 0.473. The van der Waals surface area contributed by atoms with Gasteiger partial charge < -0.3 is 4.84 Å². The van der Waals surface area contributed by atoms with Gasteiger partial charge in [0.25, 0.3) is 0 Å². The SMILES string of the molecule is CCON=C1CC(C)Cc2nnc(-c3ccc(Cl)cc3Cl)cc21. The number of hydrogen-bond acceptors (Lipinski definition) is 4. The molecule has 0 saturated carbocycles. The molecule has 1 unspecified atom stereocenters. The van der Waals surface area contributed by atoms with Gasteiger partial charge in [-0.25, -0.2) is 0 Å². The third-order valence-corrected chi connectivity index (χ3v) is 4.32. The van der Waals surface area contributed by atoms with Gasteiger partial charge in [0.15, 0.2) is 0 Å². The third kappa shape index (κ3) is 3.48. The predicted molar refractivity (Wildman–Crippen MR) is 93.1 cm³/mol. The lowest BCUT2D eigenvalue weighted by Gasteiger charge is -2.21. The Labute approximate surface area is 145 Å². The van der Waals surface area contributed by atoms with Crippen molar-refractivity contribution in [1.29, 1.82) is 0 Å². The largest absolute Gasteiger partial charge is 0.396 e. The Kier molecular flexibility index (Phi) is 4.83. The van der Waals surface area contributed by atoms with Gasteiger partial charge in [-0.1, -0.05) is 35.3 Å². The first kappa shape index (κ1) is 16.2. The molecule has 0 aliphatic heterocycles. The fraction of sp³-hybridized carbons (Fsp3) is 0.353. The summed E-state index contributed by atoms with van der Waals surface area (Å²) in [6.45, 7) is 4.64. The van der Waals surface area contributed by atoms with Crippen LogP contribution in [0.2, 0.25) is 10.0 Å². The van der Waals surface area contributed by atoms with Gasteiger partial charge in [0.2, 0.25) is 0 Å². The van der Waals surface area contributed by atoms with Gasteiger partial charge in [-0.2, -0.15) is 10.2 Å². The molecule has 4 nitrogen and oxygen atoms in total. The molecule has 0 saturated heterocycles. The van der Waals surface area contributed by atoms with Gasteiger partial charge >= 0.3 is 0 Å². The van der Waals surface area contributed by atoms with E-state index in [4.69, 9.17) is 28.0 Å². The number of fused-ring (bicyclic) bond motifs is 1. The van der Waals surface area contributed by atoms with Gasteiger partial charge in [0.05, 0.1) is 22.1 Å². The van der Waals surface area contributed by atoms with Gasteiger partial charge in [0.1, 0.15) is 6.61 Å². The second-order valence-electron chi connectivity index (χ2n) is 5.68. The fourth-order valence-electron chi connectivity index (χ4n) is 2.72. The zero-order valence-corrected chi connectivity index (χ0v) is 14.5. The van der Waals surface area contributed by atoms with Gasteiger partial charge in [-0.05, 0) is 49.9 Å². The highest BCUT2D eigenvalue weighted by atomic mass is 35.5. The molecule has 1 heterocycles. The number of nitrogens with zero attached hydrogens (tertiary/aromatic N) is 3. The number of benzene rings is 1. The minimum atomic E-state index is 0.473. The molecule has 0 N–H and O–H groups in total. The van der Waals surface area contributed by atoms with Crippen LogP contribution in [0.25, 0.3) is 11.3 Å². The molecule has 6 heteroatoms. The van der Waals surface area contributed by atoms with Gasteiger partial charge in [-0.15, -0.1) is 0 Å². The molecule has 0 radical (unpaired) electrons. The molecule has 2 aromatic rings. The maximum atomic E-state index is 6.28. The maximum absolute atomic E-state index is 6.28. The van der Waals surface area contributed by atoms with Crippen molar-refractivity contribution < 1.29 is 4.84 Å². The quantitative estimate of drug-likeness (QED) is 0.749. The van der Waals surface area contributed by atoms with Crippen LogP contribution in [0.3, 0.4) is 0 Å². The van der Waals surface area contributed by atoms with Crippen LogP contribution < -0.4 is 0 Å². The lowest BCUT2D eigenvalue weighted by molar-refractivity contribution is 0.157. The second-order valence-corrected chi connectivity index (χ2v) is 6.53. The Morgan fingerprint density at radius 2 is 2.00 bits per heavy atom. The summed E-state index contributed by atoms with van der Waals surface area (Å²) < 4.78 is 0. The number of hydrogen-bond donors (Lipinski definition) is 0. The summed E-state index contributed by atoms with van der Waals surface area (Å²) in [6.07, 6.45) is 1.76. The molecule has 0 amide bonds. The normalized spacial score (nSPS) is 18.8. The zero-order valence-electron chi connectivity index (χ0n) is 13.0. The smallest absolute Gasteiger partial charge is 0.114 e. The van der Waals surface area contributed by atoms with Crippen molar-refractivity contribution in [3.05, 3.63) is 45.6 Å². The topological polar surface area (TPSA) is 47.4 Å². The van der Waals surface area contributed by atoms with E-state index in [-0.39, 0.29) is 0 Å². The first-order valence-electron chi connectivity index (χ1n) is 7.59. The van der Waals surface area contributed by atoms with Crippen molar-refractivity contribution in [3.8, 4) is 11.3 Å². The van der Waals surface area contributed by atoms with E-state index in [1.165, 1.54) is 0 Å². The van der Waals surface area contributed by atoms with E-state index in [1.807, 2.05) is 19.1 Å². The molecule has 1 aromatic heterocycles. The second kappa shape index (κ2) is 6.85. The van der Waals surface area contributed by atoms with E-state index in [1.54, 1.807) is 12.1 Å². The summed E-state index contributed by atoms with van der Waals surface area (Å²) in [6, 6.07) is 7.34. The van der Waals surface area contributed by atoms with Crippen molar-refractivity contribution in [2.24, 2.45) is 11.1 Å². The predicted octanol–water partition coefficient (Wildman–Crippen LogP) is 4.77. The van der Waals surface area contributed by atoms with Crippen molar-refractivity contribution in [2.75, 3.05) is 6.61 Å². The van der Waals surface area contributed by atoms with Crippen molar-refractivity contribution in [2.45, 2.75) is 26.7 Å².